The molecule has 5 heteroatoms. The highest BCUT2D eigenvalue weighted by Crippen LogP contribution is 2.12. The zero-order valence-electron chi connectivity index (χ0n) is 18.0. The monoisotopic (exact) mass is 204 g/mol. The predicted molar refractivity (Wildman–Crippen MR) is 56.2 cm³/mol. The molecule has 0 radical (unpaired) electrons. The summed E-state index contributed by atoms with van der Waals surface area (Å²) in [7, 11) is 0. The van der Waals surface area contributed by atoms with Crippen molar-refractivity contribution in [3.8, 4) is 0 Å². The highest BCUT2D eigenvalue weighted by atomic mass is 15.3. The quantitative estimate of drug-likeness (QED) is 0.687. The van der Waals surface area contributed by atoms with Gasteiger partial charge in [-0.3, -0.25) is 4.98 Å². The molecule has 1 aliphatic rings. The summed E-state index contributed by atoms with van der Waals surface area (Å²) in [6.45, 7) is -17.0. The molecule has 0 amide bonds. The van der Waals surface area contributed by atoms with Gasteiger partial charge in [0.15, 0.2) is 0 Å². The topological polar surface area (TPSA) is 58.3 Å². The summed E-state index contributed by atoms with van der Waals surface area (Å²) in [5, 5.41) is 0. The van der Waals surface area contributed by atoms with Crippen molar-refractivity contribution in [2.24, 2.45) is 0 Å². The van der Waals surface area contributed by atoms with Crippen LogP contribution >= 0.6 is 0 Å². The maximum atomic E-state index is 8.05. The van der Waals surface area contributed by atoms with Gasteiger partial charge in [-0.05, 0) is 6.98 Å². The first-order chi connectivity index (χ1) is 11.0. The third-order valence-electron chi connectivity index (χ3n) is 1.42. The van der Waals surface area contributed by atoms with Crippen LogP contribution in [-0.4, -0.2) is 47.8 Å². The molecule has 14 heavy (non-hydrogen) atoms. The Kier molecular flexibility index (Phi) is 0.764. The Morgan fingerprint density at radius 2 is 2.21 bits per heavy atom. The van der Waals surface area contributed by atoms with E-state index in [-0.39, 0.29) is 10.7 Å². The van der Waals surface area contributed by atoms with E-state index in [2.05, 4.69) is 9.97 Å². The Morgan fingerprint density at radius 3 is 2.86 bits per heavy atom. The summed E-state index contributed by atoms with van der Waals surface area (Å²) in [6, 6.07) is 0. The number of piperazine rings is 1. The minimum atomic E-state index is -3.46. The van der Waals surface area contributed by atoms with Crippen molar-refractivity contribution in [2.75, 3.05) is 43.6 Å². The van der Waals surface area contributed by atoms with Crippen molar-refractivity contribution in [3.63, 3.8) is 0 Å². The number of hydrogen-bond acceptors (Lipinski definition) is 5. The lowest BCUT2D eigenvalue weighted by Gasteiger charge is -2.32. The minimum absolute atomic E-state index is 0.0889. The third-order valence-corrected chi connectivity index (χ3v) is 1.42. The summed E-state index contributed by atoms with van der Waals surface area (Å²) in [5.41, 5.74) is 5.44. The number of likely N-dealkylation sites (N-methyl/N-ethyl adjacent to an activating group) is 1. The lowest BCUT2D eigenvalue weighted by molar-refractivity contribution is 0.312. The summed E-state index contributed by atoms with van der Waals surface area (Å²) < 4.78 is 86.1. The molecule has 2 rings (SSSR count). The van der Waals surface area contributed by atoms with E-state index in [1.807, 2.05) is 0 Å². The molecular weight excluding hydrogens is 178 g/mol. The van der Waals surface area contributed by atoms with Gasteiger partial charge in [0.25, 0.3) is 0 Å². The fourth-order valence-electron chi connectivity index (χ4n) is 0.848. The van der Waals surface area contributed by atoms with E-state index in [4.69, 9.17) is 20.8 Å². The molecule has 1 aromatic rings. The molecule has 1 aliphatic heterocycles. The van der Waals surface area contributed by atoms with Crippen molar-refractivity contribution in [3.05, 3.63) is 12.4 Å². The Balaban J connectivity index is 2.80. The predicted octanol–water partition coefficient (Wildman–Crippen LogP) is -0.189. The Labute approximate surface area is 99.0 Å². The molecule has 0 spiro atoms. The Hall–Kier alpha value is -1.36. The molecule has 0 saturated carbocycles. The van der Waals surface area contributed by atoms with Gasteiger partial charge in [-0.15, -0.1) is 0 Å². The Bertz CT molecular complexity index is 644. The van der Waals surface area contributed by atoms with Crippen LogP contribution in [0, 0.1) is 0 Å². The highest BCUT2D eigenvalue weighted by molar-refractivity contribution is 5.41. The summed E-state index contributed by atoms with van der Waals surface area (Å²) in [5.74, 6) is -0.809. The van der Waals surface area contributed by atoms with Crippen LogP contribution in [0.5, 0.6) is 0 Å². The lowest BCUT2D eigenvalue weighted by Crippen LogP contribution is -2.44. The number of nitrogens with two attached hydrogens (primary N) is 1. The molecule has 0 unspecified atom stereocenters. The van der Waals surface area contributed by atoms with Crippen molar-refractivity contribution < 1.29 is 15.1 Å². The molecule has 2 N–H and O–H groups in total. The molecule has 76 valence electrons. The number of hydrogen-bond donors (Lipinski definition) is 1. The van der Waals surface area contributed by atoms with Crippen LogP contribution in [0.25, 0.3) is 0 Å². The summed E-state index contributed by atoms with van der Waals surface area (Å²) in [4.78, 5) is 6.97. The average Bonchev–Trinajstić information content (AvgIpc) is 2.33. The van der Waals surface area contributed by atoms with Crippen molar-refractivity contribution in [2.45, 2.75) is 0 Å². The van der Waals surface area contributed by atoms with Crippen LogP contribution in [0.15, 0.2) is 12.4 Å². The zero-order chi connectivity index (χ0) is 19.6. The van der Waals surface area contributed by atoms with Crippen LogP contribution in [-0.2, 0) is 0 Å². The second-order valence-corrected chi connectivity index (χ2v) is 2.42. The molecule has 5 nitrogen and oxygen atoms in total. The molecule has 0 bridgehead atoms. The van der Waals surface area contributed by atoms with E-state index < -0.39 is 43.7 Å². The van der Waals surface area contributed by atoms with Gasteiger partial charge in [0.1, 0.15) is 11.6 Å². The van der Waals surface area contributed by atoms with Crippen LogP contribution < -0.4 is 10.6 Å². The lowest BCUT2D eigenvalue weighted by atomic mass is 10.3. The SMILES string of the molecule is [2H]C([2H])([2H])N1C([2H])([2H])C([2H])([2H])N(c2cncc(N)n2)C([2H])([2H])C1([2H])[2H]. The molecular formula is C9H15N5. The fourth-order valence-corrected chi connectivity index (χ4v) is 0.848. The maximum absolute atomic E-state index is 8.05. The summed E-state index contributed by atoms with van der Waals surface area (Å²) in [6.07, 6.45) is 1.96. The van der Waals surface area contributed by atoms with Crippen LogP contribution in [0.2, 0.25) is 0 Å². The van der Waals surface area contributed by atoms with Crippen LogP contribution in [0.3, 0.4) is 0 Å². The number of nitrogens with zero attached hydrogens (tertiary/aromatic N) is 4. The molecule has 1 saturated heterocycles. The van der Waals surface area contributed by atoms with E-state index in [0.29, 0.717) is 0 Å². The number of aromatic nitrogens is 2. The van der Waals surface area contributed by atoms with Gasteiger partial charge in [0, 0.05) is 35.6 Å². The number of anilines is 2. The minimum Gasteiger partial charge on any atom is -0.382 e. The van der Waals surface area contributed by atoms with Gasteiger partial charge in [-0.1, -0.05) is 0 Å². The van der Waals surface area contributed by atoms with Gasteiger partial charge >= 0.3 is 0 Å². The highest BCUT2D eigenvalue weighted by Gasteiger charge is 2.15. The smallest absolute Gasteiger partial charge is 0.149 e. The standard InChI is InChI=1S/C9H15N5/c1-13-2-4-14(5-3-13)9-7-11-6-8(10)12-9/h6-7H,2-5H2,1H3,(H2,10,12)/i1D3,2D2,3D2,4D2,5D2. The number of rotatable bonds is 1. The fraction of sp³-hybridized carbons (Fsp3) is 0.556. The van der Waals surface area contributed by atoms with Gasteiger partial charge in [0.05, 0.1) is 17.9 Å². The molecule has 1 fully saturated rings. The largest absolute Gasteiger partial charge is 0.382 e. The number of nitrogen functional groups attached to an aromatic ring is 1. The molecule has 0 aromatic carbocycles. The van der Waals surface area contributed by atoms with Gasteiger partial charge in [-0.25, -0.2) is 4.98 Å². The van der Waals surface area contributed by atoms with Crippen LogP contribution in [0.1, 0.15) is 15.1 Å². The van der Waals surface area contributed by atoms with Crippen molar-refractivity contribution in [1.82, 2.24) is 14.9 Å². The van der Waals surface area contributed by atoms with Gasteiger partial charge in [-0.2, -0.15) is 0 Å². The van der Waals surface area contributed by atoms with Gasteiger partial charge in [0.2, 0.25) is 0 Å². The Morgan fingerprint density at radius 1 is 1.43 bits per heavy atom. The van der Waals surface area contributed by atoms with Crippen LogP contribution in [0.4, 0.5) is 11.6 Å². The van der Waals surface area contributed by atoms with Crippen molar-refractivity contribution in [1.29, 1.82) is 0 Å². The third kappa shape index (κ3) is 1.93. The van der Waals surface area contributed by atoms with Crippen molar-refractivity contribution >= 4 is 11.6 Å². The molecule has 0 aliphatic carbocycles. The van der Waals surface area contributed by atoms with E-state index >= 15 is 0 Å². The normalized spacial score (nSPS) is 45.4. The summed E-state index contributed by atoms with van der Waals surface area (Å²) >= 11 is 0. The first-order valence-electron chi connectivity index (χ1n) is 9.17. The first kappa shape index (κ1) is 2.82. The zero-order valence-corrected chi connectivity index (χ0v) is 7.02. The molecule has 2 heterocycles. The average molecular weight is 204 g/mol. The molecule has 1 aromatic heterocycles. The second-order valence-electron chi connectivity index (χ2n) is 2.42. The van der Waals surface area contributed by atoms with E-state index in [0.717, 1.165) is 12.4 Å². The first-order valence-corrected chi connectivity index (χ1v) is 3.67. The second kappa shape index (κ2) is 3.79. The van der Waals surface area contributed by atoms with E-state index in [1.54, 1.807) is 0 Å². The van der Waals surface area contributed by atoms with Gasteiger partial charge < -0.3 is 15.5 Å². The molecule has 0 atom stereocenters. The maximum Gasteiger partial charge on any atom is 0.149 e. The van der Waals surface area contributed by atoms with E-state index in [1.165, 1.54) is 0 Å². The van der Waals surface area contributed by atoms with E-state index in [9.17, 15) is 0 Å².